The summed E-state index contributed by atoms with van der Waals surface area (Å²) in [5, 5.41) is 12.0. The number of nitriles is 1. The molecule has 1 aromatic heterocycles. The maximum Gasteiger partial charge on any atom is 0.258 e. The lowest BCUT2D eigenvalue weighted by Crippen LogP contribution is -2.31. The number of rotatable bonds is 9. The van der Waals surface area contributed by atoms with Crippen molar-refractivity contribution in [3.8, 4) is 17.6 Å². The normalized spacial score (nSPS) is 10.3. The Morgan fingerprint density at radius 2 is 1.77 bits per heavy atom. The summed E-state index contributed by atoms with van der Waals surface area (Å²) in [7, 11) is 0. The molecule has 0 saturated heterocycles. The first-order valence-corrected chi connectivity index (χ1v) is 10.5. The van der Waals surface area contributed by atoms with E-state index in [1.54, 1.807) is 40.5 Å². The van der Waals surface area contributed by atoms with Crippen LogP contribution in [0.4, 0.5) is 5.69 Å². The standard InChI is InChI=1S/C23H23N3O3S/c1-3-28-21-11-7-20(8-12-21)26(14-4-13-24)23(27)18-5-9-22(10-6-18)29-15-19-16-30-17(2)25-19/h5-12,16H,3-4,14-15H2,1-2H3. The van der Waals surface area contributed by atoms with Gasteiger partial charge >= 0.3 is 0 Å². The minimum absolute atomic E-state index is 0.170. The van der Waals surface area contributed by atoms with E-state index in [1.807, 2.05) is 43.5 Å². The molecule has 0 atom stereocenters. The highest BCUT2D eigenvalue weighted by Crippen LogP contribution is 2.23. The zero-order valence-corrected chi connectivity index (χ0v) is 17.8. The molecule has 0 saturated carbocycles. The highest BCUT2D eigenvalue weighted by Gasteiger charge is 2.18. The van der Waals surface area contributed by atoms with Gasteiger partial charge < -0.3 is 14.4 Å². The average molecular weight is 422 g/mol. The van der Waals surface area contributed by atoms with E-state index < -0.39 is 0 Å². The quantitative estimate of drug-likeness (QED) is 0.486. The number of aromatic nitrogens is 1. The van der Waals surface area contributed by atoms with E-state index in [1.165, 1.54) is 0 Å². The largest absolute Gasteiger partial charge is 0.494 e. The summed E-state index contributed by atoms with van der Waals surface area (Å²) in [6.07, 6.45) is 0.243. The number of benzene rings is 2. The molecule has 6 nitrogen and oxygen atoms in total. The fraction of sp³-hybridized carbons (Fsp3) is 0.261. The monoisotopic (exact) mass is 421 g/mol. The summed E-state index contributed by atoms with van der Waals surface area (Å²) in [5.74, 6) is 1.24. The molecule has 0 aliphatic heterocycles. The molecule has 0 fully saturated rings. The van der Waals surface area contributed by atoms with Crippen molar-refractivity contribution in [2.24, 2.45) is 0 Å². The lowest BCUT2D eigenvalue weighted by Gasteiger charge is -2.22. The van der Waals surface area contributed by atoms with Gasteiger partial charge in [0.2, 0.25) is 0 Å². The number of carbonyl (C=O) groups is 1. The molecule has 0 aliphatic rings. The lowest BCUT2D eigenvalue weighted by molar-refractivity contribution is 0.0987. The first kappa shape index (κ1) is 21.3. The van der Waals surface area contributed by atoms with Crippen LogP contribution in [0.15, 0.2) is 53.9 Å². The summed E-state index contributed by atoms with van der Waals surface area (Å²) in [5.41, 5.74) is 2.13. The smallest absolute Gasteiger partial charge is 0.258 e. The van der Waals surface area contributed by atoms with E-state index in [2.05, 4.69) is 11.1 Å². The summed E-state index contributed by atoms with van der Waals surface area (Å²) in [4.78, 5) is 19.1. The van der Waals surface area contributed by atoms with Crippen LogP contribution >= 0.6 is 11.3 Å². The van der Waals surface area contributed by atoms with Crippen LogP contribution in [0.1, 0.15) is 34.4 Å². The summed E-state index contributed by atoms with van der Waals surface area (Å²) in [6, 6.07) is 16.4. The number of aryl methyl sites for hydroxylation is 1. The second-order valence-corrected chi connectivity index (χ2v) is 7.52. The fourth-order valence-electron chi connectivity index (χ4n) is 2.88. The predicted molar refractivity (Wildman–Crippen MR) is 117 cm³/mol. The Morgan fingerprint density at radius 3 is 2.37 bits per heavy atom. The van der Waals surface area contributed by atoms with Crippen LogP contribution in [0.25, 0.3) is 0 Å². The van der Waals surface area contributed by atoms with Crippen LogP contribution in [-0.2, 0) is 6.61 Å². The van der Waals surface area contributed by atoms with E-state index in [0.717, 1.165) is 22.1 Å². The number of anilines is 1. The van der Waals surface area contributed by atoms with Gasteiger partial charge in [0, 0.05) is 23.2 Å². The second kappa shape index (κ2) is 10.4. The maximum atomic E-state index is 13.1. The number of hydrogen-bond donors (Lipinski definition) is 0. The Bertz CT molecular complexity index is 1010. The molecule has 0 unspecified atom stereocenters. The number of thiazole rings is 1. The summed E-state index contributed by atoms with van der Waals surface area (Å²) < 4.78 is 11.2. The van der Waals surface area contributed by atoms with Gasteiger partial charge in [0.1, 0.15) is 18.1 Å². The molecule has 0 N–H and O–H groups in total. The SMILES string of the molecule is CCOc1ccc(N(CCC#N)C(=O)c2ccc(OCc3csc(C)n3)cc2)cc1. The highest BCUT2D eigenvalue weighted by atomic mass is 32.1. The topological polar surface area (TPSA) is 75.5 Å². The van der Waals surface area contributed by atoms with Gasteiger partial charge in [0.15, 0.2) is 0 Å². The molecule has 1 amide bonds. The van der Waals surface area contributed by atoms with Gasteiger partial charge in [-0.15, -0.1) is 11.3 Å². The van der Waals surface area contributed by atoms with Crippen molar-refractivity contribution in [3.63, 3.8) is 0 Å². The number of nitrogens with zero attached hydrogens (tertiary/aromatic N) is 3. The second-order valence-electron chi connectivity index (χ2n) is 6.46. The minimum atomic E-state index is -0.170. The Balaban J connectivity index is 1.71. The van der Waals surface area contributed by atoms with Crippen molar-refractivity contribution in [2.75, 3.05) is 18.1 Å². The van der Waals surface area contributed by atoms with Crippen LogP contribution in [0, 0.1) is 18.3 Å². The third-order valence-corrected chi connectivity index (χ3v) is 5.13. The zero-order chi connectivity index (χ0) is 21.3. The molecule has 3 rings (SSSR count). The third-order valence-electron chi connectivity index (χ3n) is 4.31. The molecular weight excluding hydrogens is 398 g/mol. The molecule has 3 aromatic rings. The molecule has 1 heterocycles. The van der Waals surface area contributed by atoms with E-state index >= 15 is 0 Å². The minimum Gasteiger partial charge on any atom is -0.494 e. The van der Waals surface area contributed by atoms with Crippen LogP contribution in [0.3, 0.4) is 0 Å². The Kier molecular flexibility index (Phi) is 7.41. The molecule has 7 heteroatoms. The molecule has 154 valence electrons. The molecule has 30 heavy (non-hydrogen) atoms. The van der Waals surface area contributed by atoms with Crippen molar-refractivity contribution < 1.29 is 14.3 Å². The van der Waals surface area contributed by atoms with Crippen molar-refractivity contribution in [1.29, 1.82) is 5.26 Å². The zero-order valence-electron chi connectivity index (χ0n) is 17.0. The van der Waals surface area contributed by atoms with Crippen LogP contribution in [-0.4, -0.2) is 24.0 Å². The lowest BCUT2D eigenvalue weighted by atomic mass is 10.1. The van der Waals surface area contributed by atoms with Gasteiger partial charge in [-0.05, 0) is 62.4 Å². The van der Waals surface area contributed by atoms with Crippen molar-refractivity contribution >= 4 is 22.9 Å². The number of hydrogen-bond acceptors (Lipinski definition) is 6. The van der Waals surface area contributed by atoms with Gasteiger partial charge in [0.25, 0.3) is 5.91 Å². The molecule has 0 spiro atoms. The van der Waals surface area contributed by atoms with Crippen LogP contribution < -0.4 is 14.4 Å². The van der Waals surface area contributed by atoms with Gasteiger partial charge in [0.05, 0.1) is 29.8 Å². The van der Waals surface area contributed by atoms with Gasteiger partial charge in [-0.2, -0.15) is 5.26 Å². The van der Waals surface area contributed by atoms with Crippen molar-refractivity contribution in [1.82, 2.24) is 4.98 Å². The van der Waals surface area contributed by atoms with Crippen LogP contribution in [0.2, 0.25) is 0 Å². The third kappa shape index (κ3) is 5.58. The highest BCUT2D eigenvalue weighted by molar-refractivity contribution is 7.09. The van der Waals surface area contributed by atoms with E-state index in [9.17, 15) is 4.79 Å². The van der Waals surface area contributed by atoms with Crippen LogP contribution in [0.5, 0.6) is 11.5 Å². The fourth-order valence-corrected chi connectivity index (χ4v) is 3.48. The van der Waals surface area contributed by atoms with E-state index in [4.69, 9.17) is 14.7 Å². The Morgan fingerprint density at radius 1 is 1.10 bits per heavy atom. The van der Waals surface area contributed by atoms with Gasteiger partial charge in [-0.3, -0.25) is 4.79 Å². The van der Waals surface area contributed by atoms with Gasteiger partial charge in [-0.25, -0.2) is 4.98 Å². The van der Waals surface area contributed by atoms with Crippen molar-refractivity contribution in [2.45, 2.75) is 26.9 Å². The summed E-state index contributed by atoms with van der Waals surface area (Å²) >= 11 is 1.58. The average Bonchev–Trinajstić information content (AvgIpc) is 3.19. The number of ether oxygens (including phenoxy) is 2. The number of carbonyl (C=O) groups excluding carboxylic acids is 1. The molecular formula is C23H23N3O3S. The van der Waals surface area contributed by atoms with E-state index in [0.29, 0.717) is 31.1 Å². The molecule has 0 radical (unpaired) electrons. The Labute approximate surface area is 180 Å². The number of amides is 1. The summed E-state index contributed by atoms with van der Waals surface area (Å²) in [6.45, 7) is 5.15. The van der Waals surface area contributed by atoms with Crippen molar-refractivity contribution in [3.05, 3.63) is 70.2 Å². The molecule has 0 bridgehead atoms. The van der Waals surface area contributed by atoms with Gasteiger partial charge in [-0.1, -0.05) is 0 Å². The van der Waals surface area contributed by atoms with E-state index in [-0.39, 0.29) is 12.3 Å². The predicted octanol–water partition coefficient (Wildman–Crippen LogP) is 4.99. The molecule has 2 aromatic carbocycles. The first-order chi connectivity index (χ1) is 14.6. The maximum absolute atomic E-state index is 13.1. The molecule has 0 aliphatic carbocycles. The Hall–Kier alpha value is -3.37. The first-order valence-electron chi connectivity index (χ1n) is 9.66.